The minimum atomic E-state index is 0.505. The third-order valence-corrected chi connectivity index (χ3v) is 5.62. The summed E-state index contributed by atoms with van der Waals surface area (Å²) in [6.45, 7) is 0. The Balaban J connectivity index is 1.81. The van der Waals surface area contributed by atoms with Gasteiger partial charge < -0.3 is 5.73 Å². The predicted octanol–water partition coefficient (Wildman–Crippen LogP) is 5.42. The van der Waals surface area contributed by atoms with Gasteiger partial charge in [-0.25, -0.2) is 0 Å². The molecule has 0 atom stereocenters. The molecular weight excluding hydrogens is 230 g/mol. The second-order valence-corrected chi connectivity index (χ2v) is 7.19. The van der Waals surface area contributed by atoms with Crippen molar-refractivity contribution in [3.05, 3.63) is 0 Å². The lowest BCUT2D eigenvalue weighted by atomic mass is 9.76. The summed E-state index contributed by atoms with van der Waals surface area (Å²) in [5.41, 5.74) is 6.11. The van der Waals surface area contributed by atoms with Crippen LogP contribution in [0, 0.1) is 11.8 Å². The van der Waals surface area contributed by atoms with E-state index in [1.54, 1.807) is 0 Å². The van der Waals surface area contributed by atoms with E-state index < -0.39 is 0 Å². The van der Waals surface area contributed by atoms with Crippen LogP contribution < -0.4 is 5.73 Å². The van der Waals surface area contributed by atoms with Crippen molar-refractivity contribution in [3.8, 4) is 0 Å². The molecule has 2 rings (SSSR count). The lowest BCUT2D eigenvalue weighted by Crippen LogP contribution is -2.24. The van der Waals surface area contributed by atoms with Gasteiger partial charge in [-0.2, -0.15) is 0 Å². The van der Waals surface area contributed by atoms with Gasteiger partial charge in [0.2, 0.25) is 0 Å². The average molecular weight is 265 g/mol. The van der Waals surface area contributed by atoms with Crippen molar-refractivity contribution in [2.45, 2.75) is 102 Å². The first-order valence-corrected chi connectivity index (χ1v) is 9.12. The molecule has 1 heteroatoms. The average Bonchev–Trinajstić information content (AvgIpc) is 2.40. The summed E-state index contributed by atoms with van der Waals surface area (Å²) in [6, 6.07) is 0.505. The van der Waals surface area contributed by atoms with E-state index >= 15 is 0 Å². The van der Waals surface area contributed by atoms with Crippen LogP contribution in [0.1, 0.15) is 96.3 Å². The van der Waals surface area contributed by atoms with Crippen LogP contribution in [0.2, 0.25) is 0 Å². The highest BCUT2D eigenvalue weighted by atomic mass is 14.6. The van der Waals surface area contributed by atoms with Gasteiger partial charge in [-0.15, -0.1) is 0 Å². The molecule has 112 valence electrons. The van der Waals surface area contributed by atoms with Crippen LogP contribution >= 0.6 is 0 Å². The molecule has 0 aromatic carbocycles. The molecule has 1 nitrogen and oxygen atoms in total. The molecule has 0 unspecified atom stereocenters. The van der Waals surface area contributed by atoms with Crippen LogP contribution in [-0.4, -0.2) is 6.04 Å². The fraction of sp³-hybridized carbons (Fsp3) is 1.00. The van der Waals surface area contributed by atoms with Gasteiger partial charge in [-0.1, -0.05) is 83.5 Å². The number of hydrogen-bond donors (Lipinski definition) is 1. The minimum Gasteiger partial charge on any atom is -0.328 e. The van der Waals surface area contributed by atoms with Gasteiger partial charge in [-0.05, 0) is 24.7 Å². The van der Waals surface area contributed by atoms with Crippen molar-refractivity contribution in [1.29, 1.82) is 0 Å². The summed E-state index contributed by atoms with van der Waals surface area (Å²) in [5, 5.41) is 0. The Labute approximate surface area is 120 Å². The van der Waals surface area contributed by atoms with Gasteiger partial charge >= 0.3 is 0 Å². The molecule has 0 aliphatic heterocycles. The third-order valence-electron chi connectivity index (χ3n) is 5.62. The minimum absolute atomic E-state index is 0.505. The van der Waals surface area contributed by atoms with Crippen LogP contribution in [-0.2, 0) is 0 Å². The highest BCUT2D eigenvalue weighted by Gasteiger charge is 2.23. The predicted molar refractivity (Wildman–Crippen MR) is 84.2 cm³/mol. The SMILES string of the molecule is NC1CCCC(C2CCCCCCCCC2)CCC1. The van der Waals surface area contributed by atoms with Gasteiger partial charge in [0.05, 0.1) is 0 Å². The van der Waals surface area contributed by atoms with Crippen molar-refractivity contribution in [2.24, 2.45) is 17.6 Å². The van der Waals surface area contributed by atoms with E-state index in [0.29, 0.717) is 6.04 Å². The zero-order valence-corrected chi connectivity index (χ0v) is 12.9. The topological polar surface area (TPSA) is 26.0 Å². The van der Waals surface area contributed by atoms with E-state index in [-0.39, 0.29) is 0 Å². The molecular formula is C18H35N. The molecule has 0 heterocycles. The second-order valence-electron chi connectivity index (χ2n) is 7.19. The molecule has 2 saturated carbocycles. The third kappa shape index (κ3) is 5.85. The molecule has 0 aromatic rings. The standard InChI is InChI=1S/C18H35N/c19-18-14-8-12-17(13-9-15-18)16-10-6-4-2-1-3-5-7-11-16/h16-18H,1-15,19H2. The Morgan fingerprint density at radius 1 is 0.421 bits per heavy atom. The van der Waals surface area contributed by atoms with Crippen LogP contribution in [0.15, 0.2) is 0 Å². The highest BCUT2D eigenvalue weighted by Crippen LogP contribution is 2.35. The molecule has 0 spiro atoms. The summed E-state index contributed by atoms with van der Waals surface area (Å²) < 4.78 is 0. The Kier molecular flexibility index (Phi) is 7.27. The zero-order chi connectivity index (χ0) is 13.3. The van der Waals surface area contributed by atoms with Gasteiger partial charge in [0.25, 0.3) is 0 Å². The first kappa shape index (κ1) is 15.4. The van der Waals surface area contributed by atoms with E-state index in [9.17, 15) is 0 Å². The summed E-state index contributed by atoms with van der Waals surface area (Å²) in [4.78, 5) is 0. The van der Waals surface area contributed by atoms with Crippen molar-refractivity contribution < 1.29 is 0 Å². The fourth-order valence-corrected chi connectivity index (χ4v) is 4.36. The Morgan fingerprint density at radius 3 is 1.26 bits per heavy atom. The zero-order valence-electron chi connectivity index (χ0n) is 12.9. The van der Waals surface area contributed by atoms with Crippen LogP contribution in [0.5, 0.6) is 0 Å². The van der Waals surface area contributed by atoms with Crippen molar-refractivity contribution in [3.63, 3.8) is 0 Å². The van der Waals surface area contributed by atoms with E-state index in [1.165, 1.54) is 96.3 Å². The van der Waals surface area contributed by atoms with Gasteiger partial charge in [0.1, 0.15) is 0 Å². The molecule has 2 N–H and O–H groups in total. The summed E-state index contributed by atoms with van der Waals surface area (Å²) in [6.07, 6.45) is 21.8. The Hall–Kier alpha value is -0.0400. The van der Waals surface area contributed by atoms with E-state index in [0.717, 1.165) is 11.8 Å². The number of rotatable bonds is 1. The van der Waals surface area contributed by atoms with Gasteiger partial charge in [-0.3, -0.25) is 0 Å². The van der Waals surface area contributed by atoms with E-state index in [1.807, 2.05) is 0 Å². The monoisotopic (exact) mass is 265 g/mol. The summed E-state index contributed by atoms with van der Waals surface area (Å²) in [5.74, 6) is 2.08. The summed E-state index contributed by atoms with van der Waals surface area (Å²) in [7, 11) is 0. The molecule has 2 aliphatic rings. The van der Waals surface area contributed by atoms with Crippen LogP contribution in [0.4, 0.5) is 0 Å². The lowest BCUT2D eigenvalue weighted by Gasteiger charge is -2.30. The highest BCUT2D eigenvalue weighted by molar-refractivity contribution is 4.76. The maximum Gasteiger partial charge on any atom is 0.00388 e. The first-order chi connectivity index (χ1) is 9.36. The molecule has 19 heavy (non-hydrogen) atoms. The van der Waals surface area contributed by atoms with E-state index in [2.05, 4.69) is 0 Å². The number of hydrogen-bond acceptors (Lipinski definition) is 1. The van der Waals surface area contributed by atoms with Gasteiger partial charge in [0.15, 0.2) is 0 Å². The maximum atomic E-state index is 6.11. The maximum absolute atomic E-state index is 6.11. The summed E-state index contributed by atoms with van der Waals surface area (Å²) >= 11 is 0. The molecule has 0 bridgehead atoms. The smallest absolute Gasteiger partial charge is 0.00388 e. The normalized spacial score (nSPS) is 33.3. The van der Waals surface area contributed by atoms with Crippen molar-refractivity contribution in [2.75, 3.05) is 0 Å². The largest absolute Gasteiger partial charge is 0.328 e. The van der Waals surface area contributed by atoms with Gasteiger partial charge in [0, 0.05) is 6.04 Å². The van der Waals surface area contributed by atoms with Crippen LogP contribution in [0.25, 0.3) is 0 Å². The Morgan fingerprint density at radius 2 is 0.789 bits per heavy atom. The molecule has 0 aromatic heterocycles. The molecule has 2 aliphatic carbocycles. The quantitative estimate of drug-likeness (QED) is 0.672. The molecule has 0 radical (unpaired) electrons. The van der Waals surface area contributed by atoms with Crippen LogP contribution in [0.3, 0.4) is 0 Å². The Bertz CT molecular complexity index is 206. The van der Waals surface area contributed by atoms with E-state index in [4.69, 9.17) is 5.73 Å². The molecule has 0 saturated heterocycles. The molecule has 2 fully saturated rings. The van der Waals surface area contributed by atoms with Crippen molar-refractivity contribution in [1.82, 2.24) is 0 Å². The second kappa shape index (κ2) is 9.00. The van der Waals surface area contributed by atoms with Crippen molar-refractivity contribution >= 4 is 0 Å². The molecule has 0 amide bonds. The lowest BCUT2D eigenvalue weighted by molar-refractivity contribution is 0.221. The first-order valence-electron chi connectivity index (χ1n) is 9.12. The fourth-order valence-electron chi connectivity index (χ4n) is 4.36. The number of nitrogens with two attached hydrogens (primary N) is 1.